The molecular weight excluding hydrogens is 336 g/mol. The van der Waals surface area contributed by atoms with E-state index in [4.69, 9.17) is 4.74 Å². The van der Waals surface area contributed by atoms with Crippen LogP contribution < -0.4 is 5.32 Å². The van der Waals surface area contributed by atoms with Gasteiger partial charge in [-0.2, -0.15) is 0 Å². The number of carbonyl (C=O) groups is 1. The van der Waals surface area contributed by atoms with Crippen LogP contribution >= 0.6 is 0 Å². The van der Waals surface area contributed by atoms with Crippen molar-refractivity contribution >= 4 is 34.0 Å². The maximum absolute atomic E-state index is 11.7. The largest absolute Gasteiger partial charge is 0.445 e. The molecule has 2 N–H and O–H groups in total. The second-order valence-corrected chi connectivity index (χ2v) is 6.32. The standard InChI is InChI=1S/C23H20N2O2/c26-23(27-16-18-7-2-1-3-8-18)24-14-6-9-17-12-13-22-20(15-17)19-10-4-5-11-21(19)25-22/h1-13,15,25H,14,16H2,(H,24,26). The molecule has 0 aliphatic heterocycles. The van der Waals surface area contributed by atoms with Gasteiger partial charge in [-0.15, -0.1) is 0 Å². The number of hydrogen-bond acceptors (Lipinski definition) is 2. The van der Waals surface area contributed by atoms with Gasteiger partial charge in [0.15, 0.2) is 0 Å². The molecule has 0 bridgehead atoms. The summed E-state index contributed by atoms with van der Waals surface area (Å²) in [5.74, 6) is 0. The van der Waals surface area contributed by atoms with E-state index in [2.05, 4.69) is 40.6 Å². The topological polar surface area (TPSA) is 54.1 Å². The van der Waals surface area contributed by atoms with Gasteiger partial charge in [-0.1, -0.05) is 66.7 Å². The summed E-state index contributed by atoms with van der Waals surface area (Å²) in [6.45, 7) is 0.688. The molecule has 1 amide bonds. The molecule has 4 rings (SSSR count). The Labute approximate surface area is 157 Å². The Kier molecular flexibility index (Phi) is 4.88. The van der Waals surface area contributed by atoms with Crippen LogP contribution in [0.15, 0.2) is 78.9 Å². The number of carbonyl (C=O) groups excluding carboxylic acids is 1. The lowest BCUT2D eigenvalue weighted by atomic mass is 10.1. The van der Waals surface area contributed by atoms with Gasteiger partial charge < -0.3 is 15.0 Å². The number of benzene rings is 3. The van der Waals surface area contributed by atoms with E-state index in [-0.39, 0.29) is 6.61 Å². The number of para-hydroxylation sites is 1. The number of hydrogen-bond donors (Lipinski definition) is 2. The molecule has 0 aliphatic carbocycles. The number of nitrogens with one attached hydrogen (secondary N) is 2. The molecular formula is C23H20N2O2. The average Bonchev–Trinajstić information content (AvgIpc) is 3.08. The fraction of sp³-hybridized carbons (Fsp3) is 0.0870. The third kappa shape index (κ3) is 4.01. The molecule has 4 heteroatoms. The van der Waals surface area contributed by atoms with Gasteiger partial charge in [-0.05, 0) is 29.3 Å². The highest BCUT2D eigenvalue weighted by Gasteiger charge is 2.03. The van der Waals surface area contributed by atoms with Crippen LogP contribution in [0.1, 0.15) is 11.1 Å². The first kappa shape index (κ1) is 16.9. The number of H-pyrrole nitrogens is 1. The number of fused-ring (bicyclic) bond motifs is 3. The summed E-state index contributed by atoms with van der Waals surface area (Å²) in [6, 6.07) is 24.2. The van der Waals surface area contributed by atoms with E-state index < -0.39 is 6.09 Å². The maximum atomic E-state index is 11.7. The van der Waals surface area contributed by atoms with Gasteiger partial charge in [0.25, 0.3) is 0 Å². The molecule has 0 atom stereocenters. The van der Waals surface area contributed by atoms with Crippen molar-refractivity contribution in [3.63, 3.8) is 0 Å². The molecule has 4 aromatic rings. The summed E-state index contributed by atoms with van der Waals surface area (Å²) in [5, 5.41) is 5.14. The first-order chi connectivity index (χ1) is 13.3. The van der Waals surface area contributed by atoms with E-state index >= 15 is 0 Å². The van der Waals surface area contributed by atoms with Crippen molar-refractivity contribution < 1.29 is 9.53 Å². The van der Waals surface area contributed by atoms with Crippen LogP contribution in [0.4, 0.5) is 4.79 Å². The Bertz CT molecular complexity index is 1100. The van der Waals surface area contributed by atoms with Gasteiger partial charge in [0.05, 0.1) is 0 Å². The van der Waals surface area contributed by atoms with Crippen molar-refractivity contribution in [2.75, 3.05) is 6.54 Å². The van der Waals surface area contributed by atoms with Gasteiger partial charge in [-0.25, -0.2) is 4.79 Å². The lowest BCUT2D eigenvalue weighted by Crippen LogP contribution is -2.24. The molecule has 4 nitrogen and oxygen atoms in total. The van der Waals surface area contributed by atoms with Gasteiger partial charge in [0.1, 0.15) is 6.61 Å². The van der Waals surface area contributed by atoms with E-state index in [0.717, 1.165) is 22.2 Å². The van der Waals surface area contributed by atoms with Crippen LogP contribution in [0.2, 0.25) is 0 Å². The predicted octanol–water partition coefficient (Wildman–Crippen LogP) is 5.26. The van der Waals surface area contributed by atoms with E-state index in [1.165, 1.54) is 10.8 Å². The molecule has 27 heavy (non-hydrogen) atoms. The normalized spacial score (nSPS) is 11.3. The Hall–Kier alpha value is -3.53. The second-order valence-electron chi connectivity index (χ2n) is 6.32. The molecule has 0 spiro atoms. The van der Waals surface area contributed by atoms with Crippen molar-refractivity contribution in [1.82, 2.24) is 10.3 Å². The quantitative estimate of drug-likeness (QED) is 0.512. The lowest BCUT2D eigenvalue weighted by molar-refractivity contribution is 0.141. The third-order valence-electron chi connectivity index (χ3n) is 4.42. The number of ether oxygens (including phenoxy) is 1. The minimum Gasteiger partial charge on any atom is -0.445 e. The Balaban J connectivity index is 1.34. The molecule has 3 aromatic carbocycles. The van der Waals surface area contributed by atoms with Crippen molar-refractivity contribution in [2.24, 2.45) is 0 Å². The zero-order valence-electron chi connectivity index (χ0n) is 14.8. The summed E-state index contributed by atoms with van der Waals surface area (Å²) in [4.78, 5) is 15.2. The highest BCUT2D eigenvalue weighted by Crippen LogP contribution is 2.26. The zero-order chi connectivity index (χ0) is 18.5. The summed E-state index contributed by atoms with van der Waals surface area (Å²) in [7, 11) is 0. The molecule has 1 aromatic heterocycles. The van der Waals surface area contributed by atoms with Gasteiger partial charge in [0, 0.05) is 28.4 Å². The average molecular weight is 356 g/mol. The number of amides is 1. The van der Waals surface area contributed by atoms with E-state index in [1.54, 1.807) is 0 Å². The van der Waals surface area contributed by atoms with E-state index in [1.807, 2.05) is 54.6 Å². The Morgan fingerprint density at radius 2 is 1.70 bits per heavy atom. The summed E-state index contributed by atoms with van der Waals surface area (Å²) < 4.78 is 5.19. The van der Waals surface area contributed by atoms with Gasteiger partial charge in [-0.3, -0.25) is 0 Å². The summed E-state index contributed by atoms with van der Waals surface area (Å²) >= 11 is 0. The third-order valence-corrected chi connectivity index (χ3v) is 4.42. The molecule has 0 radical (unpaired) electrons. The van der Waals surface area contributed by atoms with Crippen LogP contribution in [-0.4, -0.2) is 17.6 Å². The highest BCUT2D eigenvalue weighted by molar-refractivity contribution is 6.07. The molecule has 0 aliphatic rings. The van der Waals surface area contributed by atoms with Gasteiger partial charge >= 0.3 is 6.09 Å². The van der Waals surface area contributed by atoms with E-state index in [9.17, 15) is 4.79 Å². The van der Waals surface area contributed by atoms with Crippen molar-refractivity contribution in [1.29, 1.82) is 0 Å². The monoisotopic (exact) mass is 356 g/mol. The summed E-state index contributed by atoms with van der Waals surface area (Å²) in [6.07, 6.45) is 3.49. The zero-order valence-corrected chi connectivity index (χ0v) is 14.8. The number of aromatic amines is 1. The second kappa shape index (κ2) is 7.79. The van der Waals surface area contributed by atoms with Crippen LogP contribution in [0.25, 0.3) is 27.9 Å². The lowest BCUT2D eigenvalue weighted by Gasteiger charge is -2.05. The predicted molar refractivity (Wildman–Crippen MR) is 109 cm³/mol. The molecule has 0 saturated carbocycles. The molecule has 0 saturated heterocycles. The van der Waals surface area contributed by atoms with E-state index in [0.29, 0.717) is 6.54 Å². The van der Waals surface area contributed by atoms with Crippen molar-refractivity contribution in [3.05, 3.63) is 90.0 Å². The molecule has 0 fully saturated rings. The van der Waals surface area contributed by atoms with Crippen LogP contribution in [0, 0.1) is 0 Å². The molecule has 134 valence electrons. The summed E-state index contributed by atoms with van der Waals surface area (Å²) in [5.41, 5.74) is 4.31. The van der Waals surface area contributed by atoms with Gasteiger partial charge in [0.2, 0.25) is 0 Å². The van der Waals surface area contributed by atoms with Crippen LogP contribution in [0.3, 0.4) is 0 Å². The molecule has 1 heterocycles. The first-order valence-electron chi connectivity index (χ1n) is 8.91. The SMILES string of the molecule is O=C(NCC=Cc1ccc2[nH]c3ccccc3c2c1)OCc1ccccc1. The van der Waals surface area contributed by atoms with Crippen LogP contribution in [-0.2, 0) is 11.3 Å². The number of alkyl carbamates (subject to hydrolysis) is 1. The Morgan fingerprint density at radius 3 is 2.59 bits per heavy atom. The van der Waals surface area contributed by atoms with Crippen molar-refractivity contribution in [2.45, 2.75) is 6.61 Å². The smallest absolute Gasteiger partial charge is 0.407 e. The fourth-order valence-electron chi connectivity index (χ4n) is 3.08. The van der Waals surface area contributed by atoms with Crippen molar-refractivity contribution in [3.8, 4) is 0 Å². The number of rotatable bonds is 5. The highest BCUT2D eigenvalue weighted by atomic mass is 16.5. The Morgan fingerprint density at radius 1 is 0.926 bits per heavy atom. The number of aromatic nitrogens is 1. The minimum atomic E-state index is -0.421. The maximum Gasteiger partial charge on any atom is 0.407 e. The molecule has 0 unspecified atom stereocenters. The van der Waals surface area contributed by atoms with Crippen LogP contribution in [0.5, 0.6) is 0 Å². The fourth-order valence-corrected chi connectivity index (χ4v) is 3.08. The minimum absolute atomic E-state index is 0.271. The first-order valence-corrected chi connectivity index (χ1v) is 8.91.